The van der Waals surface area contributed by atoms with Crippen LogP contribution in [0.3, 0.4) is 0 Å². The van der Waals surface area contributed by atoms with Crippen LogP contribution in [0.2, 0.25) is 0 Å². The summed E-state index contributed by atoms with van der Waals surface area (Å²) in [6, 6.07) is 19.0. The Balaban J connectivity index is 1.76. The van der Waals surface area contributed by atoms with E-state index in [1.807, 2.05) is 0 Å². The molecule has 204 valence electrons. The second kappa shape index (κ2) is 11.2. The third-order valence-electron chi connectivity index (χ3n) is 10.9. The first kappa shape index (κ1) is 26.8. The van der Waals surface area contributed by atoms with Crippen LogP contribution in [-0.4, -0.2) is 22.6 Å². The van der Waals surface area contributed by atoms with Gasteiger partial charge in [-0.3, -0.25) is 0 Å². The van der Waals surface area contributed by atoms with Crippen LogP contribution in [0.25, 0.3) is 11.4 Å². The Kier molecular flexibility index (Phi) is 7.70. The summed E-state index contributed by atoms with van der Waals surface area (Å²) in [5.41, 5.74) is 8.09. The van der Waals surface area contributed by atoms with Gasteiger partial charge in [-0.15, -0.1) is 0 Å². The molecule has 2 aromatic rings. The molecule has 0 unspecified atom stereocenters. The third kappa shape index (κ3) is 4.39. The molecule has 0 N–H and O–H groups in total. The van der Waals surface area contributed by atoms with Crippen LogP contribution < -0.4 is 0 Å². The van der Waals surface area contributed by atoms with Gasteiger partial charge in [0.15, 0.2) is 0 Å². The van der Waals surface area contributed by atoms with Gasteiger partial charge in [-0.25, -0.2) is 0 Å². The molecular formula is C38H47P. The normalized spacial score (nSPS) is 22.5. The van der Waals surface area contributed by atoms with E-state index in [-0.39, 0.29) is 0 Å². The van der Waals surface area contributed by atoms with Gasteiger partial charge in [0.2, 0.25) is 0 Å². The van der Waals surface area contributed by atoms with Crippen LogP contribution in [0, 0.1) is 13.8 Å². The Labute approximate surface area is 237 Å². The molecule has 2 aromatic carbocycles. The number of hydrogen-bond acceptors (Lipinski definition) is 0. The first-order valence-corrected chi connectivity index (χ1v) is 18.2. The zero-order valence-corrected chi connectivity index (χ0v) is 25.0. The van der Waals surface area contributed by atoms with Gasteiger partial charge in [-0.1, -0.05) is 0 Å². The van der Waals surface area contributed by atoms with Crippen LogP contribution in [0.15, 0.2) is 97.1 Å². The zero-order valence-electron chi connectivity index (χ0n) is 24.1. The van der Waals surface area contributed by atoms with Crippen LogP contribution >= 0.6 is 6.60 Å². The second-order valence-electron chi connectivity index (χ2n) is 12.8. The van der Waals surface area contributed by atoms with Gasteiger partial charge in [0.25, 0.3) is 0 Å². The van der Waals surface area contributed by atoms with E-state index < -0.39 is 6.60 Å². The molecule has 1 heteroatoms. The average molecular weight is 535 g/mol. The summed E-state index contributed by atoms with van der Waals surface area (Å²) < 4.78 is 0. The Bertz CT molecular complexity index is 1210. The Hall–Kier alpha value is -2.43. The van der Waals surface area contributed by atoms with Crippen LogP contribution in [-0.2, 0) is 0 Å². The summed E-state index contributed by atoms with van der Waals surface area (Å²) in [6.45, 7) is 1.65. The van der Waals surface area contributed by atoms with E-state index in [9.17, 15) is 0 Å². The second-order valence-corrected chi connectivity index (χ2v) is 18.8. The Morgan fingerprint density at radius 2 is 0.974 bits per heavy atom. The predicted molar refractivity (Wildman–Crippen MR) is 175 cm³/mol. The minimum absolute atomic E-state index is 0.512. The van der Waals surface area contributed by atoms with Crippen LogP contribution in [0.5, 0.6) is 0 Å². The fourth-order valence-corrected chi connectivity index (χ4v) is 19.7. The van der Waals surface area contributed by atoms with Crippen molar-refractivity contribution in [2.24, 2.45) is 0 Å². The number of allylic oxidation sites excluding steroid dienone is 8. The molecule has 0 aliphatic heterocycles. The number of aryl methyl sites for hydroxylation is 2. The molecule has 0 radical (unpaired) electrons. The predicted octanol–water partition coefficient (Wildman–Crippen LogP) is 11.0. The maximum absolute atomic E-state index is 2.79. The van der Waals surface area contributed by atoms with Gasteiger partial charge in [0.05, 0.1) is 0 Å². The van der Waals surface area contributed by atoms with E-state index >= 15 is 0 Å². The van der Waals surface area contributed by atoms with E-state index in [1.54, 1.807) is 5.31 Å². The summed E-state index contributed by atoms with van der Waals surface area (Å²) in [4.78, 5) is 0. The zero-order chi connectivity index (χ0) is 26.7. The third-order valence-corrected chi connectivity index (χ3v) is 20.0. The standard InChI is InChI=1S/C38H47P/c1-30-21-25-32(26-22-30)29-38(33-27-23-31(2)24-28-33)39(36-17-9-10-18-36,37-19-11-12-20-37,34-13-5-3-6-14-34)35-15-7-4-8-16-35/h9-12,17-29,34-37H,3-8,13-16H2,1-2H3. The molecule has 0 aromatic heterocycles. The molecule has 0 heterocycles. The molecular weight excluding hydrogens is 487 g/mol. The van der Waals surface area contributed by atoms with E-state index in [1.165, 1.54) is 86.5 Å². The maximum atomic E-state index is 2.70. The molecule has 4 aliphatic rings. The molecule has 0 atom stereocenters. The topological polar surface area (TPSA) is 0 Å². The molecule has 0 amide bonds. The van der Waals surface area contributed by atoms with Crippen molar-refractivity contribution >= 4 is 18.0 Å². The average Bonchev–Trinajstić information content (AvgIpc) is 3.73. The minimum atomic E-state index is -2.79. The van der Waals surface area contributed by atoms with Gasteiger partial charge in [-0.05, 0) is 0 Å². The molecule has 0 saturated heterocycles. The van der Waals surface area contributed by atoms with Gasteiger partial charge >= 0.3 is 238 Å². The van der Waals surface area contributed by atoms with E-state index in [2.05, 4.69) is 117 Å². The van der Waals surface area contributed by atoms with Crippen molar-refractivity contribution in [1.82, 2.24) is 0 Å². The first-order valence-electron chi connectivity index (χ1n) is 15.7. The quantitative estimate of drug-likeness (QED) is 0.245. The molecule has 0 spiro atoms. The summed E-state index contributed by atoms with van der Waals surface area (Å²) in [5, 5.41) is 1.73. The van der Waals surface area contributed by atoms with Gasteiger partial charge in [0.1, 0.15) is 0 Å². The van der Waals surface area contributed by atoms with Crippen molar-refractivity contribution in [3.8, 4) is 0 Å². The van der Waals surface area contributed by atoms with Crippen molar-refractivity contribution in [1.29, 1.82) is 0 Å². The van der Waals surface area contributed by atoms with Crippen molar-refractivity contribution in [2.45, 2.75) is 101 Å². The summed E-state index contributed by atoms with van der Waals surface area (Å²) in [6.07, 6.45) is 36.8. The SMILES string of the molecule is Cc1ccc(C=C(c2ccc(C)cc2)P(C2C=CC=C2)(C2C=CC=C2)(C2CCCCC2)C2CCCCC2)cc1. The van der Waals surface area contributed by atoms with Crippen LogP contribution in [0.4, 0.5) is 0 Å². The fraction of sp³-hybridized carbons (Fsp3) is 0.421. The Morgan fingerprint density at radius 3 is 1.41 bits per heavy atom. The number of benzene rings is 2. The van der Waals surface area contributed by atoms with E-state index in [0.29, 0.717) is 11.3 Å². The molecule has 0 bridgehead atoms. The number of rotatable bonds is 7. The van der Waals surface area contributed by atoms with Gasteiger partial charge in [0, 0.05) is 0 Å². The summed E-state index contributed by atoms with van der Waals surface area (Å²) >= 11 is 0. The molecule has 4 aliphatic carbocycles. The van der Waals surface area contributed by atoms with Crippen molar-refractivity contribution < 1.29 is 0 Å². The fourth-order valence-electron chi connectivity index (χ4n) is 9.18. The van der Waals surface area contributed by atoms with Crippen molar-refractivity contribution in [3.05, 3.63) is 119 Å². The monoisotopic (exact) mass is 534 g/mol. The van der Waals surface area contributed by atoms with Gasteiger partial charge in [-0.2, -0.15) is 0 Å². The van der Waals surface area contributed by atoms with Crippen LogP contribution in [0.1, 0.15) is 86.5 Å². The number of hydrogen-bond donors (Lipinski definition) is 0. The molecule has 2 saturated carbocycles. The molecule has 2 fully saturated rings. The van der Waals surface area contributed by atoms with Crippen molar-refractivity contribution in [2.75, 3.05) is 0 Å². The van der Waals surface area contributed by atoms with Crippen molar-refractivity contribution in [3.63, 3.8) is 0 Å². The summed E-state index contributed by atoms with van der Waals surface area (Å²) in [5.74, 6) is 0. The summed E-state index contributed by atoms with van der Waals surface area (Å²) in [7, 11) is 0. The Morgan fingerprint density at radius 1 is 0.564 bits per heavy atom. The molecule has 6 rings (SSSR count). The van der Waals surface area contributed by atoms with E-state index in [4.69, 9.17) is 0 Å². The van der Waals surface area contributed by atoms with E-state index in [0.717, 1.165) is 11.3 Å². The molecule has 0 nitrogen and oxygen atoms in total. The molecule has 39 heavy (non-hydrogen) atoms. The first-order chi connectivity index (χ1) is 19.1. The van der Waals surface area contributed by atoms with Gasteiger partial charge < -0.3 is 0 Å².